The second-order valence-corrected chi connectivity index (χ2v) is 3.97. The second-order valence-electron chi connectivity index (χ2n) is 3.97. The first-order valence-electron chi connectivity index (χ1n) is 5.41. The van der Waals surface area contributed by atoms with Gasteiger partial charge in [0.05, 0.1) is 7.11 Å². The summed E-state index contributed by atoms with van der Waals surface area (Å²) in [6.45, 7) is -1.41. The monoisotopic (exact) mass is 255 g/mol. The van der Waals surface area contributed by atoms with E-state index in [2.05, 4.69) is 14.8 Å². The fourth-order valence-electron chi connectivity index (χ4n) is 1.34. The van der Waals surface area contributed by atoms with Crippen LogP contribution >= 0.6 is 0 Å². The van der Waals surface area contributed by atoms with Gasteiger partial charge in [-0.15, -0.1) is 0 Å². The average Bonchev–Trinajstić information content (AvgIpc) is 3.03. The Hall–Kier alpha value is -0.820. The van der Waals surface area contributed by atoms with Crippen LogP contribution < -0.4 is 5.32 Å². The fourth-order valence-corrected chi connectivity index (χ4v) is 1.34. The van der Waals surface area contributed by atoms with Crippen molar-refractivity contribution in [2.24, 2.45) is 0 Å². The molecule has 17 heavy (non-hydrogen) atoms. The highest BCUT2D eigenvalue weighted by molar-refractivity contribution is 5.75. The number of carbonyl (C=O) groups is 1. The molecular weight excluding hydrogens is 239 g/mol. The average molecular weight is 255 g/mol. The van der Waals surface area contributed by atoms with Crippen LogP contribution in [0.4, 0.5) is 13.2 Å². The van der Waals surface area contributed by atoms with Crippen molar-refractivity contribution in [2.75, 3.05) is 20.3 Å². The molecule has 0 amide bonds. The number of rotatable bonds is 7. The number of esters is 1. The minimum Gasteiger partial charge on any atom is -0.468 e. The zero-order chi connectivity index (χ0) is 12.9. The van der Waals surface area contributed by atoms with E-state index in [1.807, 2.05) is 0 Å². The van der Waals surface area contributed by atoms with Crippen molar-refractivity contribution in [2.45, 2.75) is 37.5 Å². The van der Waals surface area contributed by atoms with Gasteiger partial charge in [-0.05, 0) is 19.3 Å². The summed E-state index contributed by atoms with van der Waals surface area (Å²) in [4.78, 5) is 11.3. The van der Waals surface area contributed by atoms with E-state index in [0.29, 0.717) is 0 Å². The maximum Gasteiger partial charge on any atom is 0.411 e. The summed E-state index contributed by atoms with van der Waals surface area (Å²) >= 11 is 0. The van der Waals surface area contributed by atoms with Gasteiger partial charge in [-0.2, -0.15) is 13.2 Å². The third-order valence-corrected chi connectivity index (χ3v) is 2.32. The smallest absolute Gasteiger partial charge is 0.411 e. The molecule has 1 rings (SSSR count). The highest BCUT2D eigenvalue weighted by Crippen LogP contribution is 2.20. The fraction of sp³-hybridized carbons (Fsp3) is 0.900. The van der Waals surface area contributed by atoms with Gasteiger partial charge in [0.2, 0.25) is 0 Å². The molecule has 0 aliphatic heterocycles. The van der Waals surface area contributed by atoms with E-state index in [-0.39, 0.29) is 19.1 Å². The summed E-state index contributed by atoms with van der Waals surface area (Å²) < 4.78 is 44.4. The van der Waals surface area contributed by atoms with E-state index in [1.165, 1.54) is 7.11 Å². The van der Waals surface area contributed by atoms with Crippen LogP contribution in [0.1, 0.15) is 19.3 Å². The van der Waals surface area contributed by atoms with Crippen LogP contribution in [0.3, 0.4) is 0 Å². The van der Waals surface area contributed by atoms with Crippen LogP contribution in [0, 0.1) is 0 Å². The molecule has 1 N–H and O–H groups in total. The van der Waals surface area contributed by atoms with Crippen molar-refractivity contribution < 1.29 is 27.4 Å². The molecule has 0 saturated heterocycles. The molecule has 1 aliphatic carbocycles. The molecule has 0 heterocycles. The van der Waals surface area contributed by atoms with E-state index < -0.39 is 24.8 Å². The molecule has 4 nitrogen and oxygen atoms in total. The highest BCUT2D eigenvalue weighted by Gasteiger charge is 2.30. The Kier molecular flexibility index (Phi) is 5.20. The van der Waals surface area contributed by atoms with Crippen LogP contribution in [0.5, 0.6) is 0 Å². The molecule has 1 saturated carbocycles. The van der Waals surface area contributed by atoms with Crippen molar-refractivity contribution in [1.29, 1.82) is 0 Å². The quantitative estimate of drug-likeness (QED) is 0.549. The van der Waals surface area contributed by atoms with Gasteiger partial charge in [-0.3, -0.25) is 4.79 Å². The molecule has 0 radical (unpaired) electrons. The lowest BCUT2D eigenvalue weighted by atomic mass is 10.2. The third kappa shape index (κ3) is 6.48. The summed E-state index contributed by atoms with van der Waals surface area (Å²) in [5.74, 6) is -0.465. The standard InChI is InChI=1S/C10H16F3NO3/c1-16-9(15)8(14-7-2-3-7)4-5-17-6-10(11,12)13/h7-8,14H,2-6H2,1H3. The minimum atomic E-state index is -4.33. The minimum absolute atomic E-state index is 0.126. The van der Waals surface area contributed by atoms with E-state index >= 15 is 0 Å². The largest absolute Gasteiger partial charge is 0.468 e. The normalized spacial score (nSPS) is 17.9. The molecular formula is C10H16F3NO3. The van der Waals surface area contributed by atoms with Gasteiger partial charge in [0.25, 0.3) is 0 Å². The van der Waals surface area contributed by atoms with E-state index in [0.717, 1.165) is 12.8 Å². The van der Waals surface area contributed by atoms with Crippen LogP contribution in [-0.2, 0) is 14.3 Å². The first-order chi connectivity index (χ1) is 7.92. The molecule has 1 aliphatic rings. The van der Waals surface area contributed by atoms with Gasteiger partial charge in [-0.25, -0.2) is 0 Å². The summed E-state index contributed by atoms with van der Waals surface area (Å²) in [7, 11) is 1.25. The van der Waals surface area contributed by atoms with Gasteiger partial charge in [0.1, 0.15) is 12.6 Å². The lowest BCUT2D eigenvalue weighted by Gasteiger charge is -2.16. The maximum atomic E-state index is 11.8. The Bertz CT molecular complexity index is 254. The van der Waals surface area contributed by atoms with Gasteiger partial charge < -0.3 is 14.8 Å². The van der Waals surface area contributed by atoms with Crippen molar-refractivity contribution in [3.63, 3.8) is 0 Å². The van der Waals surface area contributed by atoms with Crippen molar-refractivity contribution >= 4 is 5.97 Å². The number of alkyl halides is 3. The second kappa shape index (κ2) is 6.20. The number of carbonyl (C=O) groups excluding carboxylic acids is 1. The molecule has 1 atom stereocenters. The van der Waals surface area contributed by atoms with Gasteiger partial charge in [-0.1, -0.05) is 0 Å². The van der Waals surface area contributed by atoms with Crippen molar-refractivity contribution in [1.82, 2.24) is 5.32 Å². The number of hydrogen-bond acceptors (Lipinski definition) is 4. The zero-order valence-corrected chi connectivity index (χ0v) is 9.55. The zero-order valence-electron chi connectivity index (χ0n) is 9.55. The summed E-state index contributed by atoms with van der Waals surface area (Å²) in [5.41, 5.74) is 0. The lowest BCUT2D eigenvalue weighted by molar-refractivity contribution is -0.174. The number of nitrogens with one attached hydrogen (secondary N) is 1. The molecule has 0 aromatic heterocycles. The van der Waals surface area contributed by atoms with Crippen LogP contribution in [0.2, 0.25) is 0 Å². The highest BCUT2D eigenvalue weighted by atomic mass is 19.4. The topological polar surface area (TPSA) is 47.6 Å². The van der Waals surface area contributed by atoms with E-state index in [4.69, 9.17) is 0 Å². The SMILES string of the molecule is COC(=O)C(CCOCC(F)(F)F)NC1CC1. The Morgan fingerprint density at radius 2 is 2.12 bits per heavy atom. The molecule has 0 bridgehead atoms. The Labute approximate surface area is 97.5 Å². The first kappa shape index (κ1) is 14.2. The first-order valence-corrected chi connectivity index (χ1v) is 5.41. The van der Waals surface area contributed by atoms with Crippen LogP contribution in [-0.4, -0.2) is 44.6 Å². The Morgan fingerprint density at radius 3 is 2.59 bits per heavy atom. The molecule has 0 spiro atoms. The summed E-state index contributed by atoms with van der Waals surface area (Å²) in [6.07, 6.45) is -2.18. The van der Waals surface area contributed by atoms with Gasteiger partial charge >= 0.3 is 12.1 Å². The van der Waals surface area contributed by atoms with Crippen LogP contribution in [0.15, 0.2) is 0 Å². The van der Waals surface area contributed by atoms with Crippen LogP contribution in [0.25, 0.3) is 0 Å². The number of halogens is 3. The number of ether oxygens (including phenoxy) is 2. The summed E-state index contributed by atoms with van der Waals surface area (Å²) in [5, 5.41) is 3.00. The summed E-state index contributed by atoms with van der Waals surface area (Å²) in [6, 6.07) is -0.303. The molecule has 1 fully saturated rings. The molecule has 7 heteroatoms. The third-order valence-electron chi connectivity index (χ3n) is 2.32. The lowest BCUT2D eigenvalue weighted by Crippen LogP contribution is -2.40. The molecule has 100 valence electrons. The van der Waals surface area contributed by atoms with Crippen molar-refractivity contribution in [3.8, 4) is 0 Å². The predicted octanol–water partition coefficient (Wildman–Crippen LogP) is 1.25. The van der Waals surface area contributed by atoms with Gasteiger partial charge in [0, 0.05) is 12.6 Å². The molecule has 1 unspecified atom stereocenters. The van der Waals surface area contributed by atoms with E-state index in [1.54, 1.807) is 0 Å². The Morgan fingerprint density at radius 1 is 1.47 bits per heavy atom. The number of methoxy groups -OCH3 is 1. The molecule has 0 aromatic rings. The number of hydrogen-bond donors (Lipinski definition) is 1. The van der Waals surface area contributed by atoms with Crippen molar-refractivity contribution in [3.05, 3.63) is 0 Å². The van der Waals surface area contributed by atoms with E-state index in [9.17, 15) is 18.0 Å². The van der Waals surface area contributed by atoms with Gasteiger partial charge in [0.15, 0.2) is 0 Å². The Balaban J connectivity index is 2.21. The predicted molar refractivity (Wildman–Crippen MR) is 53.5 cm³/mol. The molecule has 0 aromatic carbocycles. The maximum absolute atomic E-state index is 11.8.